The van der Waals surface area contributed by atoms with Crippen molar-refractivity contribution in [2.24, 2.45) is 5.41 Å². The Labute approximate surface area is 127 Å². The molecule has 0 saturated heterocycles. The smallest absolute Gasteiger partial charge is 0.178 e. The molecular weight excluding hydrogens is 294 g/mol. The van der Waals surface area contributed by atoms with Gasteiger partial charge in [-0.25, -0.2) is 8.42 Å². The highest BCUT2D eigenvalue weighted by Gasteiger charge is 2.24. The number of anilines is 1. The Kier molecular flexibility index (Phi) is 6.34. The van der Waals surface area contributed by atoms with Crippen LogP contribution in [0.3, 0.4) is 0 Å². The van der Waals surface area contributed by atoms with E-state index in [1.54, 1.807) is 19.1 Å². The lowest BCUT2D eigenvalue weighted by molar-refractivity contribution is 0.327. The first kappa shape index (κ1) is 17.3. The van der Waals surface area contributed by atoms with Gasteiger partial charge in [0, 0.05) is 23.5 Å². The van der Waals surface area contributed by atoms with Crippen LogP contribution in [0.2, 0.25) is 0 Å². The van der Waals surface area contributed by atoms with Crippen LogP contribution in [0.1, 0.15) is 33.6 Å². The molecule has 0 unspecified atom stereocenters. The van der Waals surface area contributed by atoms with E-state index < -0.39 is 9.84 Å². The molecule has 0 radical (unpaired) electrons. The fourth-order valence-corrected chi connectivity index (χ4v) is 3.33. The summed E-state index contributed by atoms with van der Waals surface area (Å²) in [5.74, 6) is 0.746. The summed E-state index contributed by atoms with van der Waals surface area (Å²) < 4.78 is 23.5. The van der Waals surface area contributed by atoms with E-state index in [0.29, 0.717) is 10.8 Å². The van der Waals surface area contributed by atoms with E-state index in [4.69, 9.17) is 11.6 Å². The number of hydrogen-bond donors (Lipinski definition) is 1. The molecular formula is C15H24ClNO2S. The molecule has 0 aliphatic heterocycles. The number of rotatable bonds is 8. The molecule has 114 valence electrons. The molecule has 1 N–H and O–H groups in total. The van der Waals surface area contributed by atoms with Crippen LogP contribution in [0.15, 0.2) is 29.2 Å². The van der Waals surface area contributed by atoms with Gasteiger partial charge in [0.1, 0.15) is 0 Å². The van der Waals surface area contributed by atoms with Crippen molar-refractivity contribution in [2.45, 2.75) is 38.5 Å². The number of nitrogens with one attached hydrogen (secondary N) is 1. The summed E-state index contributed by atoms with van der Waals surface area (Å²) in [5.41, 5.74) is 1.02. The Morgan fingerprint density at radius 1 is 1.10 bits per heavy atom. The highest BCUT2D eigenvalue weighted by Crippen LogP contribution is 2.28. The zero-order valence-electron chi connectivity index (χ0n) is 12.4. The quantitative estimate of drug-likeness (QED) is 0.739. The number of benzene rings is 1. The molecule has 3 nitrogen and oxygen atoms in total. The van der Waals surface area contributed by atoms with Crippen LogP contribution in [0, 0.1) is 5.41 Å². The van der Waals surface area contributed by atoms with Crippen LogP contribution >= 0.6 is 11.6 Å². The summed E-state index contributed by atoms with van der Waals surface area (Å²) in [6, 6.07) is 6.93. The molecule has 0 aliphatic rings. The van der Waals surface area contributed by atoms with Gasteiger partial charge in [-0.15, -0.1) is 11.6 Å². The minimum absolute atomic E-state index is 0.0930. The molecule has 0 fully saturated rings. The standard InChI is InChI=1S/C15H24ClNO2S/c1-4-15(5-2,11-16)12-17-13-7-9-14(10-8-13)20(18,19)6-3/h7-10,17H,4-6,11-12H2,1-3H3. The first-order valence-electron chi connectivity index (χ1n) is 7.05. The van der Waals surface area contributed by atoms with E-state index in [0.717, 1.165) is 25.1 Å². The summed E-state index contributed by atoms with van der Waals surface area (Å²) in [5, 5.41) is 3.36. The topological polar surface area (TPSA) is 46.2 Å². The normalized spacial score (nSPS) is 12.4. The van der Waals surface area contributed by atoms with Crippen LogP contribution in [0.5, 0.6) is 0 Å². The Balaban J connectivity index is 2.76. The predicted molar refractivity (Wildman–Crippen MR) is 86.4 cm³/mol. The Morgan fingerprint density at radius 3 is 2.05 bits per heavy atom. The van der Waals surface area contributed by atoms with Gasteiger partial charge in [0.05, 0.1) is 10.6 Å². The Bertz CT molecular complexity index is 499. The second kappa shape index (κ2) is 7.32. The van der Waals surface area contributed by atoms with E-state index in [9.17, 15) is 8.42 Å². The van der Waals surface area contributed by atoms with Crippen molar-refractivity contribution in [3.05, 3.63) is 24.3 Å². The number of hydrogen-bond acceptors (Lipinski definition) is 3. The highest BCUT2D eigenvalue weighted by molar-refractivity contribution is 7.91. The molecule has 0 heterocycles. The number of alkyl halides is 1. The highest BCUT2D eigenvalue weighted by atomic mass is 35.5. The van der Waals surface area contributed by atoms with Crippen LogP contribution in [-0.4, -0.2) is 26.6 Å². The first-order valence-corrected chi connectivity index (χ1v) is 9.24. The molecule has 5 heteroatoms. The van der Waals surface area contributed by atoms with Gasteiger partial charge >= 0.3 is 0 Å². The third-order valence-electron chi connectivity index (χ3n) is 4.04. The molecule has 0 aliphatic carbocycles. The fraction of sp³-hybridized carbons (Fsp3) is 0.600. The average molecular weight is 318 g/mol. The maximum absolute atomic E-state index is 11.7. The van der Waals surface area contributed by atoms with Crippen LogP contribution in [0.4, 0.5) is 5.69 Å². The first-order chi connectivity index (χ1) is 9.43. The monoisotopic (exact) mass is 317 g/mol. The molecule has 1 rings (SSSR count). The van der Waals surface area contributed by atoms with E-state index in [2.05, 4.69) is 19.2 Å². The number of halogens is 1. The maximum atomic E-state index is 11.7. The van der Waals surface area contributed by atoms with Gasteiger partial charge in [-0.2, -0.15) is 0 Å². The van der Waals surface area contributed by atoms with Crippen molar-refractivity contribution in [3.8, 4) is 0 Å². The van der Waals surface area contributed by atoms with Crippen molar-refractivity contribution < 1.29 is 8.42 Å². The van der Waals surface area contributed by atoms with Crippen molar-refractivity contribution in [3.63, 3.8) is 0 Å². The van der Waals surface area contributed by atoms with Gasteiger partial charge in [-0.05, 0) is 37.1 Å². The molecule has 0 saturated carbocycles. The van der Waals surface area contributed by atoms with Crippen molar-refractivity contribution in [2.75, 3.05) is 23.5 Å². The third kappa shape index (κ3) is 4.13. The molecule has 0 atom stereocenters. The third-order valence-corrected chi connectivity index (χ3v) is 6.36. The summed E-state index contributed by atoms with van der Waals surface area (Å²) in [6.07, 6.45) is 2.03. The van der Waals surface area contributed by atoms with Crippen molar-refractivity contribution in [1.82, 2.24) is 0 Å². The molecule has 0 bridgehead atoms. The lowest BCUT2D eigenvalue weighted by Crippen LogP contribution is -2.30. The van der Waals surface area contributed by atoms with E-state index >= 15 is 0 Å². The van der Waals surface area contributed by atoms with Gasteiger partial charge in [-0.1, -0.05) is 20.8 Å². The van der Waals surface area contributed by atoms with Gasteiger partial charge in [0.2, 0.25) is 0 Å². The summed E-state index contributed by atoms with van der Waals surface area (Å²) >= 11 is 6.08. The summed E-state index contributed by atoms with van der Waals surface area (Å²) in [4.78, 5) is 0.375. The average Bonchev–Trinajstić information content (AvgIpc) is 2.50. The minimum atomic E-state index is -3.12. The maximum Gasteiger partial charge on any atom is 0.178 e. The molecule has 0 spiro atoms. The fourth-order valence-electron chi connectivity index (χ4n) is 1.97. The molecule has 20 heavy (non-hydrogen) atoms. The lowest BCUT2D eigenvalue weighted by atomic mass is 9.84. The van der Waals surface area contributed by atoms with Gasteiger partial charge in [0.25, 0.3) is 0 Å². The van der Waals surface area contributed by atoms with Gasteiger partial charge < -0.3 is 5.32 Å². The van der Waals surface area contributed by atoms with Crippen LogP contribution in [-0.2, 0) is 9.84 Å². The largest absolute Gasteiger partial charge is 0.384 e. The second-order valence-corrected chi connectivity index (χ2v) is 7.67. The predicted octanol–water partition coefficient (Wildman–Crippen LogP) is 3.94. The van der Waals surface area contributed by atoms with E-state index in [1.807, 2.05) is 12.1 Å². The summed E-state index contributed by atoms with van der Waals surface area (Å²) in [6.45, 7) is 6.73. The van der Waals surface area contributed by atoms with Gasteiger partial charge in [0.15, 0.2) is 9.84 Å². The van der Waals surface area contributed by atoms with Crippen LogP contribution in [0.25, 0.3) is 0 Å². The molecule has 0 amide bonds. The lowest BCUT2D eigenvalue weighted by Gasteiger charge is -2.30. The SMILES string of the molecule is CCC(CC)(CCl)CNc1ccc(S(=O)(=O)CC)cc1. The minimum Gasteiger partial charge on any atom is -0.384 e. The zero-order valence-corrected chi connectivity index (χ0v) is 14.0. The molecule has 0 aromatic heterocycles. The molecule has 1 aromatic rings. The van der Waals surface area contributed by atoms with Gasteiger partial charge in [-0.3, -0.25) is 0 Å². The van der Waals surface area contributed by atoms with E-state index in [1.165, 1.54) is 0 Å². The summed E-state index contributed by atoms with van der Waals surface area (Å²) in [7, 11) is -3.12. The Morgan fingerprint density at radius 2 is 1.65 bits per heavy atom. The molecule has 1 aromatic carbocycles. The Hall–Kier alpha value is -0.740. The zero-order chi connectivity index (χ0) is 15.2. The van der Waals surface area contributed by atoms with Crippen LogP contribution < -0.4 is 5.32 Å². The van der Waals surface area contributed by atoms with E-state index in [-0.39, 0.29) is 11.2 Å². The van der Waals surface area contributed by atoms with Crippen molar-refractivity contribution >= 4 is 27.1 Å². The second-order valence-electron chi connectivity index (χ2n) is 5.12. The number of sulfone groups is 1. The van der Waals surface area contributed by atoms with Crippen molar-refractivity contribution in [1.29, 1.82) is 0 Å².